The van der Waals surface area contributed by atoms with Gasteiger partial charge in [0.25, 0.3) is 0 Å². The number of carbonyl (C=O) groups is 2. The lowest BCUT2D eigenvalue weighted by molar-refractivity contribution is -0.178. The van der Waals surface area contributed by atoms with E-state index in [1.54, 1.807) is 13.8 Å². The van der Waals surface area contributed by atoms with Crippen molar-refractivity contribution in [1.29, 1.82) is 0 Å². The summed E-state index contributed by atoms with van der Waals surface area (Å²) in [5, 5.41) is 10.7. The molecule has 0 aromatic rings. The molecule has 51 heavy (non-hydrogen) atoms. The summed E-state index contributed by atoms with van der Waals surface area (Å²) in [6, 6.07) is 0. The number of allylic oxidation sites excluding steroid dienone is 4. The number of rotatable bonds is 36. The number of esters is 2. The Morgan fingerprint density at radius 2 is 0.863 bits per heavy atom. The zero-order valence-corrected chi connectivity index (χ0v) is 34.6. The van der Waals surface area contributed by atoms with Crippen molar-refractivity contribution in [3.8, 4) is 0 Å². The molecule has 0 aliphatic heterocycles. The Balaban J connectivity index is 4.39. The van der Waals surface area contributed by atoms with Gasteiger partial charge in [0.1, 0.15) is 12.2 Å². The smallest absolute Gasteiger partial charge is 0.306 e. The first-order valence-electron chi connectivity index (χ1n) is 21.7. The van der Waals surface area contributed by atoms with Gasteiger partial charge in [-0.3, -0.25) is 9.59 Å². The van der Waals surface area contributed by atoms with Gasteiger partial charge in [0.15, 0.2) is 0 Å². The summed E-state index contributed by atoms with van der Waals surface area (Å²) in [5.41, 5.74) is 5.62. The van der Waals surface area contributed by atoms with E-state index in [1.165, 1.54) is 109 Å². The monoisotopic (exact) mass is 720 g/mol. The number of hydrogen-bond acceptors (Lipinski definition) is 6. The first-order chi connectivity index (χ1) is 24.5. The molecule has 0 bridgehead atoms. The van der Waals surface area contributed by atoms with Gasteiger partial charge in [0.05, 0.1) is 6.10 Å². The van der Waals surface area contributed by atoms with Crippen molar-refractivity contribution in [1.82, 2.24) is 0 Å². The third kappa shape index (κ3) is 30.5. The van der Waals surface area contributed by atoms with Gasteiger partial charge in [-0.05, 0) is 91.9 Å². The summed E-state index contributed by atoms with van der Waals surface area (Å²) in [4.78, 5) is 25.7. The second-order valence-electron chi connectivity index (χ2n) is 15.9. The molecular formula is C45H85NO5. The van der Waals surface area contributed by atoms with Gasteiger partial charge in [-0.25, -0.2) is 0 Å². The van der Waals surface area contributed by atoms with Gasteiger partial charge in [-0.1, -0.05) is 141 Å². The average Bonchev–Trinajstić information content (AvgIpc) is 3.07. The highest BCUT2D eigenvalue weighted by atomic mass is 16.6. The van der Waals surface area contributed by atoms with Crippen LogP contribution in [0.15, 0.2) is 24.3 Å². The Kier molecular flexibility index (Phi) is 33.0. The van der Waals surface area contributed by atoms with Gasteiger partial charge in [0.2, 0.25) is 0 Å². The van der Waals surface area contributed by atoms with Crippen LogP contribution in [0.3, 0.4) is 0 Å². The molecule has 4 atom stereocenters. The molecule has 0 aliphatic rings. The molecule has 3 N–H and O–H groups in total. The van der Waals surface area contributed by atoms with E-state index in [4.69, 9.17) is 15.2 Å². The van der Waals surface area contributed by atoms with Gasteiger partial charge in [-0.2, -0.15) is 0 Å². The van der Waals surface area contributed by atoms with E-state index in [-0.39, 0.29) is 11.9 Å². The summed E-state index contributed by atoms with van der Waals surface area (Å²) in [7, 11) is 0. The number of aliphatic hydroxyl groups is 1. The van der Waals surface area contributed by atoms with Crippen molar-refractivity contribution in [3.05, 3.63) is 24.3 Å². The van der Waals surface area contributed by atoms with Crippen LogP contribution >= 0.6 is 0 Å². The minimum atomic E-state index is -0.841. The SMILES string of the molecule is CCCCCCCCC=CCCCCCCCC(=O)OC(C)C(OC(=O)CCCCCCCC=CCCCCCCCC)C(C(C)O)C(C)(C)N. The van der Waals surface area contributed by atoms with E-state index < -0.39 is 29.8 Å². The van der Waals surface area contributed by atoms with Crippen LogP contribution in [0.25, 0.3) is 0 Å². The molecule has 0 heterocycles. The number of unbranched alkanes of at least 4 members (excludes halogenated alkanes) is 22. The molecule has 0 aromatic carbocycles. The van der Waals surface area contributed by atoms with E-state index in [2.05, 4.69) is 38.2 Å². The van der Waals surface area contributed by atoms with Crippen LogP contribution < -0.4 is 5.73 Å². The van der Waals surface area contributed by atoms with Crippen LogP contribution in [0.1, 0.15) is 221 Å². The summed E-state index contributed by atoms with van der Waals surface area (Å²) in [5.74, 6) is -1.21. The summed E-state index contributed by atoms with van der Waals surface area (Å²) in [6.45, 7) is 11.6. The molecule has 0 spiro atoms. The number of nitrogens with two attached hydrogens (primary N) is 1. The first-order valence-corrected chi connectivity index (χ1v) is 21.7. The molecule has 0 saturated heterocycles. The fraction of sp³-hybridized carbons (Fsp3) is 0.867. The van der Waals surface area contributed by atoms with Crippen LogP contribution in [0.5, 0.6) is 0 Å². The highest BCUT2D eigenvalue weighted by Gasteiger charge is 2.42. The minimum Gasteiger partial charge on any atom is -0.459 e. The largest absolute Gasteiger partial charge is 0.459 e. The zero-order chi connectivity index (χ0) is 38.0. The molecule has 300 valence electrons. The van der Waals surface area contributed by atoms with Crippen molar-refractivity contribution >= 4 is 11.9 Å². The molecule has 6 nitrogen and oxygen atoms in total. The third-order valence-electron chi connectivity index (χ3n) is 10.1. The normalized spacial score (nSPS) is 14.6. The average molecular weight is 720 g/mol. The second kappa shape index (κ2) is 34.1. The van der Waals surface area contributed by atoms with Crippen LogP contribution in [0.2, 0.25) is 0 Å². The predicted octanol–water partition coefficient (Wildman–Crippen LogP) is 12.6. The fourth-order valence-corrected chi connectivity index (χ4v) is 7.00. The van der Waals surface area contributed by atoms with Crippen LogP contribution in [-0.4, -0.2) is 40.9 Å². The molecule has 0 aromatic heterocycles. The zero-order valence-electron chi connectivity index (χ0n) is 34.6. The lowest BCUT2D eigenvalue weighted by Crippen LogP contribution is -2.56. The van der Waals surface area contributed by atoms with Crippen molar-refractivity contribution in [2.45, 2.75) is 245 Å². The Labute approximate surface area is 316 Å². The maximum atomic E-state index is 13.0. The molecule has 4 unspecified atom stereocenters. The standard InChI is InChI=1S/C45H85NO5/c1-7-9-11-13-15-17-19-21-23-25-27-29-31-33-35-37-41(48)50-40(4)44(43(39(3)47)45(5,6)46)51-42(49)38-36-34-32-30-28-26-24-22-20-18-16-14-12-10-8-2/h21-24,39-40,43-44,47H,7-20,25-38,46H2,1-6H3. The summed E-state index contributed by atoms with van der Waals surface area (Å²) in [6.07, 6.45) is 38.8. The quantitative estimate of drug-likeness (QED) is 0.0380. The molecule has 0 aliphatic carbocycles. The highest BCUT2D eigenvalue weighted by Crippen LogP contribution is 2.29. The molecule has 6 heteroatoms. The number of aliphatic hydroxyl groups excluding tert-OH is 1. The van der Waals surface area contributed by atoms with Gasteiger partial charge >= 0.3 is 11.9 Å². The Morgan fingerprint density at radius 3 is 1.20 bits per heavy atom. The number of carbonyl (C=O) groups excluding carboxylic acids is 2. The van der Waals surface area contributed by atoms with Crippen molar-refractivity contribution in [3.63, 3.8) is 0 Å². The van der Waals surface area contributed by atoms with E-state index in [1.807, 2.05) is 13.8 Å². The van der Waals surface area contributed by atoms with Crippen molar-refractivity contribution in [2.24, 2.45) is 11.7 Å². The second-order valence-corrected chi connectivity index (χ2v) is 15.9. The van der Waals surface area contributed by atoms with Gasteiger partial charge in [-0.15, -0.1) is 0 Å². The maximum Gasteiger partial charge on any atom is 0.306 e. The molecular weight excluding hydrogens is 634 g/mol. The Hall–Kier alpha value is -1.66. The van der Waals surface area contributed by atoms with E-state index in [0.717, 1.165) is 57.8 Å². The van der Waals surface area contributed by atoms with Gasteiger partial charge in [0, 0.05) is 24.3 Å². The molecule has 0 radical (unpaired) electrons. The van der Waals surface area contributed by atoms with E-state index in [9.17, 15) is 14.7 Å². The lowest BCUT2D eigenvalue weighted by atomic mass is 9.78. The predicted molar refractivity (Wildman–Crippen MR) is 218 cm³/mol. The number of ether oxygens (including phenoxy) is 2. The first kappa shape index (κ1) is 49.3. The van der Waals surface area contributed by atoms with E-state index >= 15 is 0 Å². The highest BCUT2D eigenvalue weighted by molar-refractivity contribution is 5.70. The fourth-order valence-electron chi connectivity index (χ4n) is 7.00. The van der Waals surface area contributed by atoms with Gasteiger partial charge < -0.3 is 20.3 Å². The van der Waals surface area contributed by atoms with Crippen molar-refractivity contribution < 1.29 is 24.2 Å². The van der Waals surface area contributed by atoms with Crippen LogP contribution in [-0.2, 0) is 19.1 Å². The topological polar surface area (TPSA) is 98.8 Å². The molecule has 0 fully saturated rings. The maximum absolute atomic E-state index is 13.0. The summed E-state index contributed by atoms with van der Waals surface area (Å²) < 4.78 is 11.7. The Bertz CT molecular complexity index is 861. The lowest BCUT2D eigenvalue weighted by Gasteiger charge is -2.40. The number of hydrogen-bond donors (Lipinski definition) is 2. The van der Waals surface area contributed by atoms with Crippen LogP contribution in [0.4, 0.5) is 0 Å². The molecule has 0 amide bonds. The minimum absolute atomic E-state index is 0.294. The molecule has 0 rings (SSSR count). The summed E-state index contributed by atoms with van der Waals surface area (Å²) >= 11 is 0. The van der Waals surface area contributed by atoms with E-state index in [0.29, 0.717) is 12.8 Å². The third-order valence-corrected chi connectivity index (χ3v) is 10.1. The van der Waals surface area contributed by atoms with Crippen LogP contribution in [0, 0.1) is 5.92 Å². The van der Waals surface area contributed by atoms with Crippen molar-refractivity contribution in [2.75, 3.05) is 0 Å². The molecule has 0 saturated carbocycles. The Morgan fingerprint density at radius 1 is 0.549 bits per heavy atom.